The first-order valence-electron chi connectivity index (χ1n) is 5.17. The summed E-state index contributed by atoms with van der Waals surface area (Å²) < 4.78 is 15.8. The van der Waals surface area contributed by atoms with Gasteiger partial charge in [-0.05, 0) is 13.8 Å². The maximum absolute atomic E-state index is 9.93. The molecule has 0 aromatic rings. The zero-order valence-electron chi connectivity index (χ0n) is 9.48. The normalized spacial score (nSPS) is 14.9. The SMILES string of the molecule is CC(OCCN)C(C)OCCOCC=O. The molecular formula is C10H21NO4. The molecular weight excluding hydrogens is 198 g/mol. The summed E-state index contributed by atoms with van der Waals surface area (Å²) in [5.74, 6) is 0. The van der Waals surface area contributed by atoms with Gasteiger partial charge in [0.1, 0.15) is 12.9 Å². The summed E-state index contributed by atoms with van der Waals surface area (Å²) in [4.78, 5) is 9.93. The van der Waals surface area contributed by atoms with Crippen molar-refractivity contribution < 1.29 is 19.0 Å². The van der Waals surface area contributed by atoms with E-state index < -0.39 is 0 Å². The van der Waals surface area contributed by atoms with Crippen LogP contribution < -0.4 is 5.73 Å². The molecule has 0 saturated heterocycles. The van der Waals surface area contributed by atoms with Gasteiger partial charge in [0.25, 0.3) is 0 Å². The molecule has 0 aromatic heterocycles. The third-order valence-corrected chi connectivity index (χ3v) is 1.95. The molecule has 0 aliphatic carbocycles. The van der Waals surface area contributed by atoms with Gasteiger partial charge in [0.05, 0.1) is 32.0 Å². The molecule has 0 aliphatic rings. The van der Waals surface area contributed by atoms with E-state index in [-0.39, 0.29) is 18.8 Å². The Hall–Kier alpha value is -0.490. The molecule has 15 heavy (non-hydrogen) atoms. The highest BCUT2D eigenvalue weighted by Crippen LogP contribution is 2.02. The molecule has 0 spiro atoms. The Kier molecular flexibility index (Phi) is 9.71. The van der Waals surface area contributed by atoms with E-state index in [0.29, 0.717) is 26.4 Å². The fourth-order valence-electron chi connectivity index (χ4n) is 0.949. The lowest BCUT2D eigenvalue weighted by molar-refractivity contribution is -0.113. The predicted octanol–water partition coefficient (Wildman–Crippen LogP) is -0.0292. The molecule has 5 nitrogen and oxygen atoms in total. The van der Waals surface area contributed by atoms with E-state index in [0.717, 1.165) is 6.29 Å². The first kappa shape index (κ1) is 14.5. The molecule has 0 aromatic carbocycles. The third kappa shape index (κ3) is 8.50. The number of carbonyl (C=O) groups excluding carboxylic acids is 1. The summed E-state index contributed by atoms with van der Waals surface area (Å²) in [5.41, 5.74) is 5.31. The first-order valence-corrected chi connectivity index (χ1v) is 5.17. The van der Waals surface area contributed by atoms with Crippen molar-refractivity contribution in [3.8, 4) is 0 Å². The lowest BCUT2D eigenvalue weighted by atomic mass is 10.2. The van der Waals surface area contributed by atoms with E-state index in [1.807, 2.05) is 13.8 Å². The Labute approximate surface area is 90.9 Å². The fraction of sp³-hybridized carbons (Fsp3) is 0.900. The van der Waals surface area contributed by atoms with Gasteiger partial charge in [-0.3, -0.25) is 0 Å². The molecule has 0 rings (SSSR count). The minimum absolute atomic E-state index is 0.00335. The van der Waals surface area contributed by atoms with Crippen LogP contribution in [0.1, 0.15) is 13.8 Å². The molecule has 0 saturated carbocycles. The monoisotopic (exact) mass is 219 g/mol. The summed E-state index contributed by atoms with van der Waals surface area (Å²) in [6.07, 6.45) is 0.729. The van der Waals surface area contributed by atoms with Gasteiger partial charge in [0.2, 0.25) is 0 Å². The van der Waals surface area contributed by atoms with Crippen molar-refractivity contribution in [2.75, 3.05) is 33.0 Å². The van der Waals surface area contributed by atoms with Crippen molar-refractivity contribution in [1.29, 1.82) is 0 Å². The maximum atomic E-state index is 9.93. The van der Waals surface area contributed by atoms with Gasteiger partial charge in [-0.2, -0.15) is 0 Å². The number of aldehydes is 1. The second-order valence-electron chi connectivity index (χ2n) is 3.18. The molecule has 5 heteroatoms. The van der Waals surface area contributed by atoms with Crippen LogP contribution in [-0.2, 0) is 19.0 Å². The second-order valence-corrected chi connectivity index (χ2v) is 3.18. The molecule has 90 valence electrons. The van der Waals surface area contributed by atoms with Crippen molar-refractivity contribution in [1.82, 2.24) is 0 Å². The molecule has 0 aliphatic heterocycles. The van der Waals surface area contributed by atoms with Gasteiger partial charge < -0.3 is 24.7 Å². The fourth-order valence-corrected chi connectivity index (χ4v) is 0.949. The number of nitrogens with two attached hydrogens (primary N) is 1. The molecule has 0 radical (unpaired) electrons. The van der Waals surface area contributed by atoms with Crippen molar-refractivity contribution >= 4 is 6.29 Å². The Morgan fingerprint density at radius 2 is 1.73 bits per heavy atom. The summed E-state index contributed by atoms with van der Waals surface area (Å²) in [7, 11) is 0. The van der Waals surface area contributed by atoms with Crippen LogP contribution in [0.25, 0.3) is 0 Å². The van der Waals surface area contributed by atoms with E-state index in [1.54, 1.807) is 0 Å². The number of ether oxygens (including phenoxy) is 3. The first-order chi connectivity index (χ1) is 7.22. The van der Waals surface area contributed by atoms with E-state index in [2.05, 4.69) is 0 Å². The predicted molar refractivity (Wildman–Crippen MR) is 56.8 cm³/mol. The summed E-state index contributed by atoms with van der Waals surface area (Å²) in [6.45, 7) is 5.93. The van der Waals surface area contributed by atoms with E-state index in [4.69, 9.17) is 19.9 Å². The summed E-state index contributed by atoms with van der Waals surface area (Å²) in [6, 6.07) is 0. The molecule has 2 atom stereocenters. The van der Waals surface area contributed by atoms with Gasteiger partial charge in [-0.1, -0.05) is 0 Å². The Morgan fingerprint density at radius 1 is 1.13 bits per heavy atom. The molecule has 2 N–H and O–H groups in total. The molecule has 0 heterocycles. The Balaban J connectivity index is 3.37. The van der Waals surface area contributed by atoms with E-state index in [9.17, 15) is 4.79 Å². The lowest BCUT2D eigenvalue weighted by Gasteiger charge is -2.20. The Morgan fingerprint density at radius 3 is 2.27 bits per heavy atom. The van der Waals surface area contributed by atoms with Crippen LogP contribution in [0.4, 0.5) is 0 Å². The lowest BCUT2D eigenvalue weighted by Crippen LogP contribution is -2.29. The van der Waals surface area contributed by atoms with Crippen molar-refractivity contribution in [3.63, 3.8) is 0 Å². The quantitative estimate of drug-likeness (QED) is 0.413. The minimum Gasteiger partial charge on any atom is -0.375 e. The van der Waals surface area contributed by atoms with Gasteiger partial charge in [-0.15, -0.1) is 0 Å². The van der Waals surface area contributed by atoms with Crippen molar-refractivity contribution in [2.45, 2.75) is 26.1 Å². The second kappa shape index (κ2) is 10.0. The van der Waals surface area contributed by atoms with Gasteiger partial charge in [-0.25, -0.2) is 0 Å². The number of hydrogen-bond donors (Lipinski definition) is 1. The molecule has 0 amide bonds. The smallest absolute Gasteiger partial charge is 0.145 e. The van der Waals surface area contributed by atoms with Gasteiger partial charge in [0.15, 0.2) is 0 Å². The van der Waals surface area contributed by atoms with Crippen LogP contribution in [0.2, 0.25) is 0 Å². The van der Waals surface area contributed by atoms with Crippen LogP contribution in [0.15, 0.2) is 0 Å². The third-order valence-electron chi connectivity index (χ3n) is 1.95. The summed E-state index contributed by atoms with van der Waals surface area (Å²) in [5, 5.41) is 0. The van der Waals surface area contributed by atoms with Crippen LogP contribution in [-0.4, -0.2) is 51.5 Å². The largest absolute Gasteiger partial charge is 0.375 e. The van der Waals surface area contributed by atoms with Crippen LogP contribution in [0.3, 0.4) is 0 Å². The Bertz CT molecular complexity index is 154. The number of carbonyl (C=O) groups is 1. The minimum atomic E-state index is -0.00335. The number of hydrogen-bond acceptors (Lipinski definition) is 5. The standard InChI is InChI=1S/C10H21NO4/c1-9(14-5-3-11)10(2)15-8-7-13-6-4-12/h4,9-10H,3,5-8,11H2,1-2H3. The van der Waals surface area contributed by atoms with Crippen LogP contribution in [0, 0.1) is 0 Å². The molecule has 0 bridgehead atoms. The van der Waals surface area contributed by atoms with Crippen LogP contribution >= 0.6 is 0 Å². The average Bonchev–Trinajstić information content (AvgIpc) is 2.25. The zero-order valence-corrected chi connectivity index (χ0v) is 9.48. The van der Waals surface area contributed by atoms with Crippen molar-refractivity contribution in [2.24, 2.45) is 5.73 Å². The average molecular weight is 219 g/mol. The van der Waals surface area contributed by atoms with E-state index in [1.165, 1.54) is 0 Å². The molecule has 0 fully saturated rings. The highest BCUT2D eigenvalue weighted by atomic mass is 16.6. The molecule has 2 unspecified atom stereocenters. The van der Waals surface area contributed by atoms with Gasteiger partial charge >= 0.3 is 0 Å². The van der Waals surface area contributed by atoms with Crippen LogP contribution in [0.5, 0.6) is 0 Å². The summed E-state index contributed by atoms with van der Waals surface area (Å²) >= 11 is 0. The topological polar surface area (TPSA) is 70.8 Å². The zero-order chi connectivity index (χ0) is 11.5. The highest BCUT2D eigenvalue weighted by Gasteiger charge is 2.12. The van der Waals surface area contributed by atoms with Crippen molar-refractivity contribution in [3.05, 3.63) is 0 Å². The maximum Gasteiger partial charge on any atom is 0.145 e. The van der Waals surface area contributed by atoms with E-state index >= 15 is 0 Å². The van der Waals surface area contributed by atoms with Gasteiger partial charge in [0, 0.05) is 6.54 Å². The highest BCUT2D eigenvalue weighted by molar-refractivity contribution is 5.50. The number of rotatable bonds is 10.